The summed E-state index contributed by atoms with van der Waals surface area (Å²) in [5.41, 5.74) is 9.60. The largest absolute Gasteiger partial charge is 0.374 e. The maximum Gasteiger partial charge on any atom is 0.230 e. The summed E-state index contributed by atoms with van der Waals surface area (Å²) in [5, 5.41) is 11.1. The fourth-order valence-corrected chi connectivity index (χ4v) is 4.24. The fraction of sp³-hybridized carbons (Fsp3) is 0.438. The third-order valence-electron chi connectivity index (χ3n) is 4.00. The van der Waals surface area contributed by atoms with Crippen LogP contribution in [0.1, 0.15) is 42.5 Å². The number of amides is 1. The number of carbonyl (C=O) groups is 1. The number of rotatable bonds is 5. The van der Waals surface area contributed by atoms with Crippen LogP contribution in [0.4, 0.5) is 5.13 Å². The Labute approximate surface area is 144 Å². The van der Waals surface area contributed by atoms with Gasteiger partial charge in [-0.1, -0.05) is 41.3 Å². The number of fused-ring (bicyclic) bond motifs is 1. The molecule has 1 aromatic heterocycles. The first kappa shape index (κ1) is 16.3. The van der Waals surface area contributed by atoms with E-state index in [2.05, 4.69) is 33.7 Å². The summed E-state index contributed by atoms with van der Waals surface area (Å²) < 4.78 is 0.721. The molecule has 2 aromatic rings. The average molecular weight is 348 g/mol. The Kier molecular flexibility index (Phi) is 5.17. The summed E-state index contributed by atoms with van der Waals surface area (Å²) in [4.78, 5) is 12.1. The van der Waals surface area contributed by atoms with Crippen molar-refractivity contribution in [1.82, 2.24) is 15.5 Å². The molecule has 0 spiro atoms. The Bertz CT molecular complexity index is 701. The molecule has 5 nitrogen and oxygen atoms in total. The maximum atomic E-state index is 12.1. The van der Waals surface area contributed by atoms with Gasteiger partial charge in [-0.15, -0.1) is 10.2 Å². The topological polar surface area (TPSA) is 80.9 Å². The standard InChI is InChI=1S/C16H20N4OS2/c1-10(12-7-6-11-4-2-3-5-13(11)8-12)18-14(21)9-22-16-20-19-15(17)23-16/h6-8,10H,2-5,9H2,1H3,(H2,17,19)(H,18,21)/t10-/m1/s1. The van der Waals surface area contributed by atoms with Gasteiger partial charge in [0.15, 0.2) is 4.34 Å². The number of nitrogens with zero attached hydrogens (tertiary/aromatic N) is 2. The molecule has 1 heterocycles. The summed E-state index contributed by atoms with van der Waals surface area (Å²) >= 11 is 2.66. The van der Waals surface area contributed by atoms with E-state index in [0.717, 1.165) is 10.8 Å². The highest BCUT2D eigenvalue weighted by atomic mass is 32.2. The number of benzene rings is 1. The SMILES string of the molecule is C[C@@H](NC(=O)CSc1nnc(N)s1)c1ccc2c(c1)CCCC2. The number of nitrogen functional groups attached to an aromatic ring is 1. The Morgan fingerprint density at radius 1 is 1.35 bits per heavy atom. The first-order chi connectivity index (χ1) is 11.1. The van der Waals surface area contributed by atoms with Crippen LogP contribution >= 0.6 is 23.1 Å². The molecule has 1 amide bonds. The number of anilines is 1. The summed E-state index contributed by atoms with van der Waals surface area (Å²) in [6.45, 7) is 2.02. The molecule has 1 aromatic carbocycles. The second-order valence-electron chi connectivity index (χ2n) is 5.72. The van der Waals surface area contributed by atoms with E-state index in [1.54, 1.807) is 0 Å². The number of hydrogen-bond acceptors (Lipinski definition) is 6. The monoisotopic (exact) mass is 348 g/mol. The zero-order valence-electron chi connectivity index (χ0n) is 13.0. The molecule has 1 aliphatic rings. The van der Waals surface area contributed by atoms with Crippen molar-refractivity contribution in [3.05, 3.63) is 34.9 Å². The van der Waals surface area contributed by atoms with Crippen molar-refractivity contribution in [2.75, 3.05) is 11.5 Å². The molecule has 3 N–H and O–H groups in total. The smallest absolute Gasteiger partial charge is 0.230 e. The number of aromatic nitrogens is 2. The molecule has 7 heteroatoms. The molecule has 0 radical (unpaired) electrons. The van der Waals surface area contributed by atoms with Crippen molar-refractivity contribution in [2.45, 2.75) is 43.0 Å². The normalized spacial score (nSPS) is 15.0. The number of nitrogens with one attached hydrogen (secondary N) is 1. The van der Waals surface area contributed by atoms with Crippen LogP contribution in [0.2, 0.25) is 0 Å². The van der Waals surface area contributed by atoms with Crippen LogP contribution in [0.5, 0.6) is 0 Å². The number of thioether (sulfide) groups is 1. The van der Waals surface area contributed by atoms with E-state index < -0.39 is 0 Å². The average Bonchev–Trinajstić information content (AvgIpc) is 2.98. The number of aryl methyl sites for hydroxylation is 2. The molecule has 0 saturated carbocycles. The maximum absolute atomic E-state index is 12.1. The third-order valence-corrected chi connectivity index (χ3v) is 5.88. The van der Waals surface area contributed by atoms with E-state index in [9.17, 15) is 4.79 Å². The zero-order chi connectivity index (χ0) is 16.2. The summed E-state index contributed by atoms with van der Waals surface area (Å²) in [7, 11) is 0. The highest BCUT2D eigenvalue weighted by Crippen LogP contribution is 2.26. The van der Waals surface area contributed by atoms with Crippen LogP contribution in [0.25, 0.3) is 0 Å². The zero-order valence-corrected chi connectivity index (χ0v) is 14.7. The Hall–Kier alpha value is -1.60. The van der Waals surface area contributed by atoms with Crippen LogP contribution in [0.3, 0.4) is 0 Å². The van der Waals surface area contributed by atoms with Crippen molar-refractivity contribution in [3.63, 3.8) is 0 Å². The highest BCUT2D eigenvalue weighted by molar-refractivity contribution is 8.01. The molecule has 0 saturated heterocycles. The molecule has 1 atom stereocenters. The van der Waals surface area contributed by atoms with Gasteiger partial charge in [-0.2, -0.15) is 0 Å². The van der Waals surface area contributed by atoms with Crippen LogP contribution < -0.4 is 11.1 Å². The van der Waals surface area contributed by atoms with Crippen LogP contribution in [0, 0.1) is 0 Å². The van der Waals surface area contributed by atoms with Gasteiger partial charge in [0.1, 0.15) is 0 Å². The minimum Gasteiger partial charge on any atom is -0.374 e. The van der Waals surface area contributed by atoms with Crippen molar-refractivity contribution in [3.8, 4) is 0 Å². The predicted molar refractivity (Wildman–Crippen MR) is 94.7 cm³/mol. The van der Waals surface area contributed by atoms with E-state index in [4.69, 9.17) is 5.73 Å². The van der Waals surface area contributed by atoms with Crippen molar-refractivity contribution >= 4 is 34.1 Å². The molecule has 0 aliphatic heterocycles. The van der Waals surface area contributed by atoms with Crippen LogP contribution in [-0.2, 0) is 17.6 Å². The molecular weight excluding hydrogens is 328 g/mol. The summed E-state index contributed by atoms with van der Waals surface area (Å²) in [5.74, 6) is 0.318. The quantitative estimate of drug-likeness (QED) is 0.812. The van der Waals surface area contributed by atoms with E-state index in [1.165, 1.54) is 59.1 Å². The van der Waals surface area contributed by atoms with E-state index in [-0.39, 0.29) is 11.9 Å². The van der Waals surface area contributed by atoms with Gasteiger partial charge < -0.3 is 11.1 Å². The molecular formula is C16H20N4OS2. The molecule has 3 rings (SSSR count). The van der Waals surface area contributed by atoms with E-state index >= 15 is 0 Å². The second-order valence-corrected chi connectivity index (χ2v) is 7.95. The van der Waals surface area contributed by atoms with Gasteiger partial charge >= 0.3 is 0 Å². The van der Waals surface area contributed by atoms with Crippen molar-refractivity contribution < 1.29 is 4.79 Å². The first-order valence-corrected chi connectivity index (χ1v) is 9.55. The van der Waals surface area contributed by atoms with Gasteiger partial charge in [0, 0.05) is 0 Å². The van der Waals surface area contributed by atoms with E-state index in [1.807, 2.05) is 6.92 Å². The van der Waals surface area contributed by atoms with Crippen LogP contribution in [-0.4, -0.2) is 21.9 Å². The minimum atomic E-state index is -0.00556. The predicted octanol–water partition coefficient (Wildman–Crippen LogP) is 2.97. The lowest BCUT2D eigenvalue weighted by molar-refractivity contribution is -0.119. The van der Waals surface area contributed by atoms with Crippen LogP contribution in [0.15, 0.2) is 22.5 Å². The third kappa shape index (κ3) is 4.23. The van der Waals surface area contributed by atoms with Crippen molar-refractivity contribution in [1.29, 1.82) is 0 Å². The van der Waals surface area contributed by atoms with E-state index in [0.29, 0.717) is 10.9 Å². The highest BCUT2D eigenvalue weighted by Gasteiger charge is 2.14. The lowest BCUT2D eigenvalue weighted by Crippen LogP contribution is -2.28. The molecule has 0 bridgehead atoms. The number of nitrogens with two attached hydrogens (primary N) is 1. The lowest BCUT2D eigenvalue weighted by atomic mass is 9.89. The van der Waals surface area contributed by atoms with Gasteiger partial charge in [0.05, 0.1) is 11.8 Å². The van der Waals surface area contributed by atoms with Gasteiger partial charge in [0.2, 0.25) is 11.0 Å². The van der Waals surface area contributed by atoms with Gasteiger partial charge in [-0.05, 0) is 49.3 Å². The lowest BCUT2D eigenvalue weighted by Gasteiger charge is -2.20. The number of carbonyl (C=O) groups excluding carboxylic acids is 1. The van der Waals surface area contributed by atoms with Gasteiger partial charge in [0.25, 0.3) is 0 Å². The number of hydrogen-bond donors (Lipinski definition) is 2. The summed E-state index contributed by atoms with van der Waals surface area (Å²) in [6, 6.07) is 6.60. The Morgan fingerprint density at radius 2 is 2.13 bits per heavy atom. The molecule has 1 aliphatic carbocycles. The summed E-state index contributed by atoms with van der Waals surface area (Å²) in [6.07, 6.45) is 4.88. The second kappa shape index (κ2) is 7.31. The van der Waals surface area contributed by atoms with Gasteiger partial charge in [-0.25, -0.2) is 0 Å². The molecule has 23 heavy (non-hydrogen) atoms. The first-order valence-electron chi connectivity index (χ1n) is 7.74. The van der Waals surface area contributed by atoms with Crippen molar-refractivity contribution in [2.24, 2.45) is 0 Å². The van der Waals surface area contributed by atoms with Gasteiger partial charge in [-0.3, -0.25) is 4.79 Å². The molecule has 0 unspecified atom stereocenters. The molecule has 122 valence electrons. The minimum absolute atomic E-state index is 0.00556. The fourth-order valence-electron chi connectivity index (χ4n) is 2.80. The molecule has 0 fully saturated rings. The Morgan fingerprint density at radius 3 is 2.87 bits per heavy atom. The Balaban J connectivity index is 1.55.